The van der Waals surface area contributed by atoms with Crippen LogP contribution in [0, 0.1) is 12.8 Å². The van der Waals surface area contributed by atoms with E-state index in [4.69, 9.17) is 9.72 Å². The molecule has 0 unspecified atom stereocenters. The van der Waals surface area contributed by atoms with Gasteiger partial charge in [-0.25, -0.2) is 4.98 Å². The van der Waals surface area contributed by atoms with Crippen molar-refractivity contribution in [1.29, 1.82) is 0 Å². The maximum Gasteiger partial charge on any atom is 0.222 e. The molecule has 0 aliphatic carbocycles. The number of rotatable bonds is 6. The van der Waals surface area contributed by atoms with Crippen LogP contribution in [-0.2, 0) is 16.9 Å². The molecule has 1 saturated heterocycles. The molecule has 0 saturated carbocycles. The van der Waals surface area contributed by atoms with Crippen molar-refractivity contribution in [3.05, 3.63) is 66.2 Å². The number of carbonyl (C=O) groups excluding carboxylic acids is 1. The SMILES string of the molecule is Cc1nc2c(O[C@H](C)[C@@H]3CC(=O)N(C)C3)cc(-c3cnn(C(C)(C)C)c3)cc2n1Cc1ccccc1. The quantitative estimate of drug-likeness (QED) is 0.374. The molecule has 0 radical (unpaired) electrons. The molecule has 2 aromatic carbocycles. The third-order valence-corrected chi connectivity index (χ3v) is 7.14. The summed E-state index contributed by atoms with van der Waals surface area (Å²) in [5, 5.41) is 4.62. The Labute approximate surface area is 212 Å². The lowest BCUT2D eigenvalue weighted by atomic mass is 10.0. The maximum atomic E-state index is 12.1. The van der Waals surface area contributed by atoms with Gasteiger partial charge in [-0.3, -0.25) is 9.48 Å². The molecule has 0 spiro atoms. The van der Waals surface area contributed by atoms with Crippen LogP contribution in [0.15, 0.2) is 54.9 Å². The van der Waals surface area contributed by atoms with Crippen LogP contribution in [0.25, 0.3) is 22.2 Å². The highest BCUT2D eigenvalue weighted by Gasteiger charge is 2.32. The maximum absolute atomic E-state index is 12.1. The summed E-state index contributed by atoms with van der Waals surface area (Å²) >= 11 is 0. The molecule has 1 amide bonds. The second kappa shape index (κ2) is 9.12. The molecule has 36 heavy (non-hydrogen) atoms. The fourth-order valence-electron chi connectivity index (χ4n) is 4.88. The van der Waals surface area contributed by atoms with E-state index in [1.807, 2.05) is 30.9 Å². The third kappa shape index (κ3) is 4.62. The standard InChI is InChI=1S/C29H35N5O2/c1-19(23-14-27(35)32(6)17-23)36-26-13-22(24-15-30-34(18-24)29(3,4)5)12-25-28(26)31-20(2)33(25)16-21-10-8-7-9-11-21/h7-13,15,18-19,23H,14,16-17H2,1-6H3/t19-,23-/m1/s1. The van der Waals surface area contributed by atoms with Gasteiger partial charge in [-0.05, 0) is 57.9 Å². The average Bonchev–Trinajstić information content (AvgIpc) is 3.53. The van der Waals surface area contributed by atoms with Gasteiger partial charge in [0, 0.05) is 44.2 Å². The van der Waals surface area contributed by atoms with E-state index in [1.165, 1.54) is 5.56 Å². The Morgan fingerprint density at radius 2 is 1.89 bits per heavy atom. The first-order valence-electron chi connectivity index (χ1n) is 12.6. The summed E-state index contributed by atoms with van der Waals surface area (Å²) in [5.41, 5.74) is 5.05. The van der Waals surface area contributed by atoms with Crippen LogP contribution in [0.4, 0.5) is 0 Å². The molecule has 3 heterocycles. The molecule has 2 aromatic heterocycles. The molecule has 1 aliphatic heterocycles. The number of hydrogen-bond acceptors (Lipinski definition) is 4. The highest BCUT2D eigenvalue weighted by atomic mass is 16.5. The molecule has 1 fully saturated rings. The highest BCUT2D eigenvalue weighted by molar-refractivity contribution is 5.88. The van der Waals surface area contributed by atoms with Crippen LogP contribution in [0.5, 0.6) is 5.75 Å². The summed E-state index contributed by atoms with van der Waals surface area (Å²) in [6.45, 7) is 12.0. The minimum absolute atomic E-state index is 0.108. The van der Waals surface area contributed by atoms with Gasteiger partial charge in [0.1, 0.15) is 23.2 Å². The fraction of sp³-hybridized carbons (Fsp3) is 0.414. The summed E-state index contributed by atoms with van der Waals surface area (Å²) < 4.78 is 10.8. The first-order valence-corrected chi connectivity index (χ1v) is 12.6. The number of carbonyl (C=O) groups is 1. The number of ether oxygens (including phenoxy) is 1. The smallest absolute Gasteiger partial charge is 0.222 e. The van der Waals surface area contributed by atoms with E-state index >= 15 is 0 Å². The Bertz CT molecular complexity index is 1400. The zero-order valence-electron chi connectivity index (χ0n) is 22.0. The van der Waals surface area contributed by atoms with Crippen molar-refractivity contribution >= 4 is 16.9 Å². The van der Waals surface area contributed by atoms with Crippen LogP contribution in [0.1, 0.15) is 45.5 Å². The van der Waals surface area contributed by atoms with E-state index in [-0.39, 0.29) is 23.5 Å². The zero-order chi connectivity index (χ0) is 25.6. The molecule has 1 aliphatic rings. The van der Waals surface area contributed by atoms with Crippen LogP contribution in [0.3, 0.4) is 0 Å². The summed E-state index contributed by atoms with van der Waals surface area (Å²) in [6.07, 6.45) is 4.40. The second-order valence-electron chi connectivity index (χ2n) is 11.0. The van der Waals surface area contributed by atoms with Crippen molar-refractivity contribution in [3.8, 4) is 16.9 Å². The molecule has 188 valence electrons. The molecule has 2 atom stereocenters. The number of aromatic nitrogens is 4. The molecule has 4 aromatic rings. The molecule has 0 bridgehead atoms. The molecule has 5 rings (SSSR count). The topological polar surface area (TPSA) is 65.2 Å². The van der Waals surface area contributed by atoms with Gasteiger partial charge in [0.05, 0.1) is 17.3 Å². The molecule has 7 nitrogen and oxygen atoms in total. The lowest BCUT2D eigenvalue weighted by Crippen LogP contribution is -2.26. The van der Waals surface area contributed by atoms with Crippen LogP contribution < -0.4 is 4.74 Å². The summed E-state index contributed by atoms with van der Waals surface area (Å²) in [7, 11) is 1.86. The second-order valence-corrected chi connectivity index (χ2v) is 11.0. The van der Waals surface area contributed by atoms with Crippen molar-refractivity contribution in [2.75, 3.05) is 13.6 Å². The Hall–Kier alpha value is -3.61. The van der Waals surface area contributed by atoms with Gasteiger partial charge >= 0.3 is 0 Å². The lowest BCUT2D eigenvalue weighted by molar-refractivity contribution is -0.126. The van der Waals surface area contributed by atoms with Crippen molar-refractivity contribution < 1.29 is 9.53 Å². The molecular formula is C29H35N5O2. The number of fused-ring (bicyclic) bond motifs is 1. The zero-order valence-corrected chi connectivity index (χ0v) is 22.0. The lowest BCUT2D eigenvalue weighted by Gasteiger charge is -2.21. The van der Waals surface area contributed by atoms with E-state index in [9.17, 15) is 4.79 Å². The van der Waals surface area contributed by atoms with Gasteiger partial charge in [0.25, 0.3) is 0 Å². The average molecular weight is 486 g/mol. The summed E-state index contributed by atoms with van der Waals surface area (Å²) in [6, 6.07) is 14.7. The number of hydrogen-bond donors (Lipinski definition) is 0. The van der Waals surface area contributed by atoms with Gasteiger partial charge in [0.2, 0.25) is 5.91 Å². The van der Waals surface area contributed by atoms with Crippen LogP contribution >= 0.6 is 0 Å². The number of aryl methyl sites for hydroxylation is 1. The normalized spacial score (nSPS) is 17.2. The first-order chi connectivity index (χ1) is 17.1. The van der Waals surface area contributed by atoms with E-state index in [2.05, 4.69) is 80.0 Å². The summed E-state index contributed by atoms with van der Waals surface area (Å²) in [4.78, 5) is 18.9. The summed E-state index contributed by atoms with van der Waals surface area (Å²) in [5.74, 6) is 2.00. The van der Waals surface area contributed by atoms with Gasteiger partial charge in [-0.1, -0.05) is 30.3 Å². The van der Waals surface area contributed by atoms with Crippen molar-refractivity contribution in [1.82, 2.24) is 24.2 Å². The number of benzene rings is 2. The van der Waals surface area contributed by atoms with E-state index in [0.717, 1.165) is 40.3 Å². The number of imidazole rings is 1. The fourth-order valence-corrected chi connectivity index (χ4v) is 4.88. The Morgan fingerprint density at radius 3 is 2.53 bits per heavy atom. The van der Waals surface area contributed by atoms with Crippen molar-refractivity contribution in [2.24, 2.45) is 5.92 Å². The van der Waals surface area contributed by atoms with Gasteiger partial charge in [-0.2, -0.15) is 5.10 Å². The highest BCUT2D eigenvalue weighted by Crippen LogP contribution is 2.35. The molecular weight excluding hydrogens is 450 g/mol. The Balaban J connectivity index is 1.59. The van der Waals surface area contributed by atoms with Gasteiger partial charge in [0.15, 0.2) is 0 Å². The first kappa shape index (κ1) is 24.1. The Morgan fingerprint density at radius 1 is 1.14 bits per heavy atom. The van der Waals surface area contributed by atoms with Crippen LogP contribution in [-0.4, -0.2) is 49.8 Å². The van der Waals surface area contributed by atoms with E-state index < -0.39 is 0 Å². The van der Waals surface area contributed by atoms with Crippen molar-refractivity contribution in [3.63, 3.8) is 0 Å². The predicted octanol–water partition coefficient (Wildman–Crippen LogP) is 5.26. The third-order valence-electron chi connectivity index (χ3n) is 7.14. The van der Waals surface area contributed by atoms with E-state index in [1.54, 1.807) is 4.90 Å². The van der Waals surface area contributed by atoms with Gasteiger partial charge in [-0.15, -0.1) is 0 Å². The number of nitrogens with zero attached hydrogens (tertiary/aromatic N) is 5. The minimum Gasteiger partial charge on any atom is -0.488 e. The largest absolute Gasteiger partial charge is 0.488 e. The monoisotopic (exact) mass is 485 g/mol. The molecule has 7 heteroatoms. The molecule has 0 N–H and O–H groups in total. The number of amides is 1. The van der Waals surface area contributed by atoms with Crippen LogP contribution in [0.2, 0.25) is 0 Å². The minimum atomic E-state index is -0.116. The Kier molecular flexibility index (Phi) is 6.10. The number of likely N-dealkylation sites (tertiary alicyclic amines) is 1. The predicted molar refractivity (Wildman–Crippen MR) is 142 cm³/mol. The van der Waals surface area contributed by atoms with Gasteiger partial charge < -0.3 is 14.2 Å². The van der Waals surface area contributed by atoms with E-state index in [0.29, 0.717) is 13.0 Å². The van der Waals surface area contributed by atoms with Crippen molar-refractivity contribution in [2.45, 2.75) is 59.2 Å².